The number of anilines is 2. The van der Waals surface area contributed by atoms with Crippen LogP contribution in [0.1, 0.15) is 30.0 Å². The van der Waals surface area contributed by atoms with E-state index in [-0.39, 0.29) is 18.2 Å². The first-order valence-electron chi connectivity index (χ1n) is 8.91. The fourth-order valence-electron chi connectivity index (χ4n) is 3.02. The van der Waals surface area contributed by atoms with Gasteiger partial charge >= 0.3 is 0 Å². The van der Waals surface area contributed by atoms with Crippen LogP contribution >= 0.6 is 11.3 Å². The smallest absolute Gasteiger partial charge is 0.238 e. The van der Waals surface area contributed by atoms with Crippen molar-refractivity contribution in [1.82, 2.24) is 9.88 Å². The Morgan fingerprint density at radius 1 is 1.04 bits per heavy atom. The van der Waals surface area contributed by atoms with Gasteiger partial charge in [0.05, 0.1) is 23.7 Å². The topological polar surface area (TPSA) is 74.3 Å². The molecule has 0 radical (unpaired) electrons. The number of carbonyl (C=O) groups is 2. The molecule has 1 saturated heterocycles. The number of benzene rings is 1. The van der Waals surface area contributed by atoms with E-state index >= 15 is 0 Å². The van der Waals surface area contributed by atoms with Gasteiger partial charge in [0.15, 0.2) is 0 Å². The Kier molecular flexibility index (Phi) is 6.35. The summed E-state index contributed by atoms with van der Waals surface area (Å²) >= 11 is 1.54. The predicted molar refractivity (Wildman–Crippen MR) is 105 cm³/mol. The number of hydrogen-bond acceptors (Lipinski definition) is 5. The highest BCUT2D eigenvalue weighted by Crippen LogP contribution is 2.15. The summed E-state index contributed by atoms with van der Waals surface area (Å²) in [5, 5.41) is 8.62. The summed E-state index contributed by atoms with van der Waals surface area (Å²) in [4.78, 5) is 30.7. The van der Waals surface area contributed by atoms with Gasteiger partial charge in [-0.2, -0.15) is 0 Å². The molecule has 0 atom stereocenters. The van der Waals surface area contributed by atoms with Crippen molar-refractivity contribution in [3.05, 3.63) is 40.3 Å². The van der Waals surface area contributed by atoms with Gasteiger partial charge in [-0.05, 0) is 57.1 Å². The maximum atomic E-state index is 12.1. The van der Waals surface area contributed by atoms with Crippen molar-refractivity contribution in [1.29, 1.82) is 0 Å². The Hall–Kier alpha value is -2.25. The molecule has 2 N–H and O–H groups in total. The van der Waals surface area contributed by atoms with Crippen LogP contribution in [0, 0.1) is 6.92 Å². The van der Waals surface area contributed by atoms with Crippen LogP contribution in [-0.4, -0.2) is 41.3 Å². The molecule has 0 saturated carbocycles. The van der Waals surface area contributed by atoms with Gasteiger partial charge in [0.2, 0.25) is 11.8 Å². The number of piperidine rings is 1. The zero-order valence-corrected chi connectivity index (χ0v) is 15.8. The van der Waals surface area contributed by atoms with Crippen molar-refractivity contribution in [2.45, 2.75) is 32.6 Å². The monoisotopic (exact) mass is 372 g/mol. The first-order chi connectivity index (χ1) is 12.6. The van der Waals surface area contributed by atoms with Crippen LogP contribution in [-0.2, 0) is 16.0 Å². The molecule has 2 aromatic rings. The highest BCUT2D eigenvalue weighted by molar-refractivity contribution is 7.09. The third kappa shape index (κ3) is 5.64. The predicted octanol–water partition coefficient (Wildman–Crippen LogP) is 3.06. The minimum atomic E-state index is -0.0998. The first-order valence-corrected chi connectivity index (χ1v) is 9.79. The molecule has 26 heavy (non-hydrogen) atoms. The van der Waals surface area contributed by atoms with Gasteiger partial charge in [0.1, 0.15) is 0 Å². The van der Waals surface area contributed by atoms with Crippen molar-refractivity contribution in [2.75, 3.05) is 30.3 Å². The van der Waals surface area contributed by atoms with Gasteiger partial charge in [0.25, 0.3) is 0 Å². The normalized spacial score (nSPS) is 14.8. The van der Waals surface area contributed by atoms with E-state index in [9.17, 15) is 9.59 Å². The second kappa shape index (κ2) is 8.91. The fraction of sp³-hybridized carbons (Fsp3) is 0.421. The lowest BCUT2D eigenvalue weighted by atomic mass is 10.1. The van der Waals surface area contributed by atoms with Crippen LogP contribution in [0.15, 0.2) is 29.6 Å². The SMILES string of the molecule is Cc1nc(CC(=O)Nc2ccc(NC(=O)CN3CCCCC3)cc2)cs1. The molecule has 1 aliphatic heterocycles. The molecule has 0 unspecified atom stereocenters. The Morgan fingerprint density at radius 3 is 2.23 bits per heavy atom. The number of amides is 2. The summed E-state index contributed by atoms with van der Waals surface area (Å²) in [6.07, 6.45) is 3.86. The van der Waals surface area contributed by atoms with Crippen LogP contribution < -0.4 is 10.6 Å². The van der Waals surface area contributed by atoms with Crippen molar-refractivity contribution >= 4 is 34.5 Å². The minimum absolute atomic E-state index is 0.00240. The van der Waals surface area contributed by atoms with Crippen molar-refractivity contribution in [3.8, 4) is 0 Å². The molecule has 0 bridgehead atoms. The molecule has 138 valence electrons. The molecule has 1 aromatic carbocycles. The van der Waals surface area contributed by atoms with Gasteiger partial charge in [-0.3, -0.25) is 14.5 Å². The van der Waals surface area contributed by atoms with E-state index in [2.05, 4.69) is 20.5 Å². The second-order valence-electron chi connectivity index (χ2n) is 6.55. The standard InChI is InChI=1S/C19H24N4O2S/c1-14-20-17(13-26-14)11-18(24)21-15-5-7-16(8-6-15)22-19(25)12-23-9-3-2-4-10-23/h5-8,13H,2-4,9-12H2,1H3,(H,21,24)(H,22,25). The van der Waals surface area contributed by atoms with Gasteiger partial charge in [-0.1, -0.05) is 6.42 Å². The van der Waals surface area contributed by atoms with Crippen LogP contribution in [0.5, 0.6) is 0 Å². The summed E-state index contributed by atoms with van der Waals surface area (Å²) in [5.74, 6) is -0.0974. The summed E-state index contributed by atoms with van der Waals surface area (Å²) in [5.41, 5.74) is 2.22. The van der Waals surface area contributed by atoms with Crippen molar-refractivity contribution in [2.24, 2.45) is 0 Å². The molecule has 1 fully saturated rings. The van der Waals surface area contributed by atoms with E-state index in [4.69, 9.17) is 0 Å². The number of hydrogen-bond donors (Lipinski definition) is 2. The maximum absolute atomic E-state index is 12.1. The highest BCUT2D eigenvalue weighted by Gasteiger charge is 2.14. The number of likely N-dealkylation sites (tertiary alicyclic amines) is 1. The zero-order valence-electron chi connectivity index (χ0n) is 15.0. The zero-order chi connectivity index (χ0) is 18.4. The molecule has 1 aromatic heterocycles. The largest absolute Gasteiger partial charge is 0.326 e. The van der Waals surface area contributed by atoms with Gasteiger partial charge in [-0.25, -0.2) is 4.98 Å². The Morgan fingerprint density at radius 2 is 1.65 bits per heavy atom. The quantitative estimate of drug-likeness (QED) is 0.817. The molecular formula is C19H24N4O2S. The van der Waals surface area contributed by atoms with Crippen molar-refractivity contribution in [3.63, 3.8) is 0 Å². The van der Waals surface area contributed by atoms with E-state index < -0.39 is 0 Å². The van der Waals surface area contributed by atoms with Crippen LogP contribution in [0.25, 0.3) is 0 Å². The number of aromatic nitrogens is 1. The summed E-state index contributed by atoms with van der Waals surface area (Å²) in [6.45, 7) is 4.35. The van der Waals surface area contributed by atoms with E-state index in [0.29, 0.717) is 12.2 Å². The molecule has 7 heteroatoms. The van der Waals surface area contributed by atoms with Crippen molar-refractivity contribution < 1.29 is 9.59 Å². The molecule has 2 heterocycles. The molecule has 1 aliphatic rings. The Balaban J connectivity index is 1.46. The van der Waals surface area contributed by atoms with Crippen LogP contribution in [0.3, 0.4) is 0 Å². The number of rotatable bonds is 6. The molecule has 2 amide bonds. The average molecular weight is 372 g/mol. The van der Waals surface area contributed by atoms with E-state index in [0.717, 1.165) is 29.5 Å². The average Bonchev–Trinajstić information content (AvgIpc) is 3.02. The maximum Gasteiger partial charge on any atom is 0.238 e. The lowest BCUT2D eigenvalue weighted by Gasteiger charge is -2.25. The summed E-state index contributed by atoms with van der Waals surface area (Å²) in [7, 11) is 0. The van der Waals surface area contributed by atoms with Gasteiger partial charge in [-0.15, -0.1) is 11.3 Å². The summed E-state index contributed by atoms with van der Waals surface area (Å²) in [6, 6.07) is 7.19. The third-order valence-electron chi connectivity index (χ3n) is 4.28. The Bertz CT molecular complexity index is 751. The highest BCUT2D eigenvalue weighted by atomic mass is 32.1. The molecule has 3 rings (SSSR count). The van der Waals surface area contributed by atoms with Crippen LogP contribution in [0.4, 0.5) is 11.4 Å². The van der Waals surface area contributed by atoms with Gasteiger partial charge in [0, 0.05) is 16.8 Å². The van der Waals surface area contributed by atoms with E-state index in [1.807, 2.05) is 12.3 Å². The fourth-order valence-corrected chi connectivity index (χ4v) is 3.63. The van der Waals surface area contributed by atoms with Gasteiger partial charge < -0.3 is 10.6 Å². The number of carbonyl (C=O) groups excluding carboxylic acids is 2. The third-order valence-corrected chi connectivity index (χ3v) is 5.10. The number of aryl methyl sites for hydroxylation is 1. The minimum Gasteiger partial charge on any atom is -0.326 e. The second-order valence-corrected chi connectivity index (χ2v) is 7.61. The van der Waals surface area contributed by atoms with Crippen LogP contribution in [0.2, 0.25) is 0 Å². The number of nitrogens with zero attached hydrogens (tertiary/aromatic N) is 2. The molecular weight excluding hydrogens is 348 g/mol. The lowest BCUT2D eigenvalue weighted by Crippen LogP contribution is -2.36. The van der Waals surface area contributed by atoms with E-state index in [1.165, 1.54) is 30.6 Å². The molecule has 0 aliphatic carbocycles. The molecule has 6 nitrogen and oxygen atoms in total. The molecule has 0 spiro atoms. The number of thiazole rings is 1. The number of nitrogens with one attached hydrogen (secondary N) is 2. The first kappa shape index (κ1) is 18.5. The lowest BCUT2D eigenvalue weighted by molar-refractivity contribution is -0.117. The summed E-state index contributed by atoms with van der Waals surface area (Å²) < 4.78 is 0. The Labute approximate surface area is 157 Å². The van der Waals surface area contributed by atoms with E-state index in [1.54, 1.807) is 24.3 Å².